The molecule has 0 aromatic heterocycles. The van der Waals surface area contributed by atoms with Crippen LogP contribution in [0.25, 0.3) is 0 Å². The molecule has 1 saturated heterocycles. The van der Waals surface area contributed by atoms with Crippen molar-refractivity contribution in [1.29, 1.82) is 0 Å². The summed E-state index contributed by atoms with van der Waals surface area (Å²) in [6, 6.07) is 3.58. The molecule has 1 aromatic rings. The summed E-state index contributed by atoms with van der Waals surface area (Å²) < 4.78 is 16.5. The lowest BCUT2D eigenvalue weighted by Crippen LogP contribution is -2.56. The first-order chi connectivity index (χ1) is 12.1. The topological polar surface area (TPSA) is 80.3 Å². The van der Waals surface area contributed by atoms with Crippen molar-refractivity contribution in [3.8, 4) is 11.5 Å². The first-order valence-corrected chi connectivity index (χ1v) is 8.53. The number of carbonyl (C=O) groups is 1. The first kappa shape index (κ1) is 18.0. The fraction of sp³-hybridized carbons (Fsp3) is 0.611. The number of amides is 1. The number of aliphatic hydroxyl groups is 1. The molecule has 2 N–H and O–H groups in total. The number of nitrogens with zero attached hydrogens (tertiary/aromatic N) is 1. The van der Waals surface area contributed by atoms with Crippen molar-refractivity contribution in [2.24, 2.45) is 0 Å². The highest BCUT2D eigenvalue weighted by atomic mass is 16.5. The van der Waals surface area contributed by atoms with Crippen LogP contribution in [0.1, 0.15) is 30.1 Å². The number of hydrogen-bond donors (Lipinski definition) is 2. The number of benzene rings is 1. The van der Waals surface area contributed by atoms with E-state index in [-0.39, 0.29) is 12.5 Å². The van der Waals surface area contributed by atoms with Crippen LogP contribution in [0.3, 0.4) is 0 Å². The van der Waals surface area contributed by atoms with E-state index >= 15 is 0 Å². The van der Waals surface area contributed by atoms with Gasteiger partial charge < -0.3 is 29.5 Å². The second-order valence-electron chi connectivity index (χ2n) is 6.51. The predicted molar refractivity (Wildman–Crippen MR) is 91.8 cm³/mol. The third kappa shape index (κ3) is 3.07. The summed E-state index contributed by atoms with van der Waals surface area (Å²) in [6.07, 6.45) is 0.419. The van der Waals surface area contributed by atoms with Gasteiger partial charge in [0.05, 0.1) is 27.3 Å². The zero-order chi connectivity index (χ0) is 18.0. The molecule has 1 unspecified atom stereocenters. The zero-order valence-corrected chi connectivity index (χ0v) is 15.0. The van der Waals surface area contributed by atoms with E-state index in [1.54, 1.807) is 38.4 Å². The van der Waals surface area contributed by atoms with Gasteiger partial charge in [0.25, 0.3) is 5.91 Å². The third-order valence-corrected chi connectivity index (χ3v) is 5.27. The summed E-state index contributed by atoms with van der Waals surface area (Å²) >= 11 is 0. The van der Waals surface area contributed by atoms with E-state index < -0.39 is 11.7 Å². The Morgan fingerprint density at radius 3 is 2.44 bits per heavy atom. The lowest BCUT2D eigenvalue weighted by molar-refractivity contribution is -0.161. The molecule has 7 heteroatoms. The number of ether oxygens (including phenoxy) is 3. The Bertz CT molecular complexity index is 643. The number of β-amino-alcohol motifs (C(OH)–C–C–N with tert-alkyl or cyclic N) is 1. The van der Waals surface area contributed by atoms with Crippen LogP contribution in [0.4, 0.5) is 0 Å². The molecule has 1 atom stereocenters. The minimum atomic E-state index is -0.826. The Morgan fingerprint density at radius 2 is 1.84 bits per heavy atom. The Labute approximate surface area is 147 Å². The molecule has 1 fully saturated rings. The second kappa shape index (κ2) is 7.19. The normalized spacial score (nSPS) is 22.2. The van der Waals surface area contributed by atoms with Crippen LogP contribution in [0.2, 0.25) is 0 Å². The van der Waals surface area contributed by atoms with Gasteiger partial charge in [-0.25, -0.2) is 0 Å². The van der Waals surface area contributed by atoms with Gasteiger partial charge in [0.2, 0.25) is 0 Å². The van der Waals surface area contributed by atoms with E-state index in [1.807, 2.05) is 0 Å². The average molecular weight is 350 g/mol. The van der Waals surface area contributed by atoms with Crippen molar-refractivity contribution in [1.82, 2.24) is 10.2 Å². The highest BCUT2D eigenvalue weighted by Crippen LogP contribution is 2.40. The smallest absolute Gasteiger partial charge is 0.255 e. The minimum absolute atomic E-state index is 0.0777. The van der Waals surface area contributed by atoms with Crippen LogP contribution in [0.15, 0.2) is 12.1 Å². The fourth-order valence-corrected chi connectivity index (χ4v) is 3.86. The number of methoxy groups -OCH3 is 3. The largest absolute Gasteiger partial charge is 0.496 e. The molecule has 1 aromatic carbocycles. The molecule has 0 saturated carbocycles. The quantitative estimate of drug-likeness (QED) is 0.838. The summed E-state index contributed by atoms with van der Waals surface area (Å²) in [5.41, 5.74) is 0.658. The summed E-state index contributed by atoms with van der Waals surface area (Å²) in [5.74, 6) is 1.17. The molecule has 7 nitrogen and oxygen atoms in total. The summed E-state index contributed by atoms with van der Waals surface area (Å²) in [4.78, 5) is 14.9. The molecule has 2 heterocycles. The highest BCUT2D eigenvalue weighted by Gasteiger charge is 2.44. The highest BCUT2D eigenvalue weighted by molar-refractivity contribution is 5.86. The lowest BCUT2D eigenvalue weighted by atomic mass is 9.88. The molecule has 2 aliphatic rings. The van der Waals surface area contributed by atoms with Gasteiger partial charge in [-0.2, -0.15) is 0 Å². The van der Waals surface area contributed by atoms with Crippen molar-refractivity contribution < 1.29 is 24.1 Å². The molecule has 138 valence electrons. The van der Waals surface area contributed by atoms with Crippen LogP contribution in [-0.2, 0) is 16.1 Å². The number of carbonyl (C=O) groups excluding carboxylic acids is 1. The SMILES string of the molecule is COc1ccc(OC)c2c1CN(C(=O)C1(OC)CCNCC1)CC2O. The van der Waals surface area contributed by atoms with Crippen LogP contribution in [0, 0.1) is 0 Å². The number of piperidine rings is 1. The van der Waals surface area contributed by atoms with Crippen LogP contribution in [0.5, 0.6) is 11.5 Å². The van der Waals surface area contributed by atoms with Gasteiger partial charge in [0.15, 0.2) is 0 Å². The average Bonchev–Trinajstić information content (AvgIpc) is 2.66. The molecule has 1 amide bonds. The molecule has 2 aliphatic heterocycles. The zero-order valence-electron chi connectivity index (χ0n) is 15.0. The second-order valence-corrected chi connectivity index (χ2v) is 6.51. The maximum atomic E-state index is 13.2. The van der Waals surface area contributed by atoms with E-state index in [0.29, 0.717) is 36.4 Å². The molecule has 25 heavy (non-hydrogen) atoms. The molecular weight excluding hydrogens is 324 g/mol. The van der Waals surface area contributed by atoms with E-state index in [1.165, 1.54) is 0 Å². The number of aliphatic hydroxyl groups excluding tert-OH is 1. The maximum absolute atomic E-state index is 13.2. The van der Waals surface area contributed by atoms with Crippen LogP contribution >= 0.6 is 0 Å². The predicted octanol–water partition coefficient (Wildman–Crippen LogP) is 0.848. The van der Waals surface area contributed by atoms with E-state index in [0.717, 1.165) is 18.7 Å². The van der Waals surface area contributed by atoms with E-state index in [2.05, 4.69) is 5.32 Å². The Hall–Kier alpha value is -1.83. The van der Waals surface area contributed by atoms with Crippen LogP contribution < -0.4 is 14.8 Å². The molecule has 0 bridgehead atoms. The molecule has 3 rings (SSSR count). The Morgan fingerprint density at radius 1 is 1.20 bits per heavy atom. The van der Waals surface area contributed by atoms with Crippen molar-refractivity contribution in [2.45, 2.75) is 31.1 Å². The van der Waals surface area contributed by atoms with Crippen molar-refractivity contribution >= 4 is 5.91 Å². The molecular formula is C18H26N2O5. The summed E-state index contributed by atoms with van der Waals surface area (Å²) in [7, 11) is 4.74. The number of fused-ring (bicyclic) bond motifs is 1. The summed E-state index contributed by atoms with van der Waals surface area (Å²) in [6.45, 7) is 2.06. The van der Waals surface area contributed by atoms with E-state index in [4.69, 9.17) is 14.2 Å². The van der Waals surface area contributed by atoms with Gasteiger partial charge in [-0.3, -0.25) is 4.79 Å². The number of nitrogens with one attached hydrogen (secondary N) is 1. The van der Waals surface area contributed by atoms with Crippen molar-refractivity contribution in [3.63, 3.8) is 0 Å². The van der Waals surface area contributed by atoms with Crippen molar-refractivity contribution in [3.05, 3.63) is 23.3 Å². The standard InChI is InChI=1S/C18H26N2O5/c1-23-14-4-5-15(24-2)16-12(14)10-20(11-13(16)21)17(22)18(25-3)6-8-19-9-7-18/h4-5,13,19,21H,6-11H2,1-3H3. The van der Waals surface area contributed by atoms with Gasteiger partial charge in [0.1, 0.15) is 23.2 Å². The third-order valence-electron chi connectivity index (χ3n) is 5.27. The molecule has 0 aliphatic carbocycles. The van der Waals surface area contributed by atoms with Gasteiger partial charge in [-0.1, -0.05) is 0 Å². The van der Waals surface area contributed by atoms with E-state index in [9.17, 15) is 9.90 Å². The van der Waals surface area contributed by atoms with Gasteiger partial charge in [-0.15, -0.1) is 0 Å². The maximum Gasteiger partial charge on any atom is 0.255 e. The Balaban J connectivity index is 1.94. The minimum Gasteiger partial charge on any atom is -0.496 e. The number of hydrogen-bond acceptors (Lipinski definition) is 6. The monoisotopic (exact) mass is 350 g/mol. The van der Waals surface area contributed by atoms with Crippen molar-refractivity contribution in [2.75, 3.05) is 41.0 Å². The molecule has 0 radical (unpaired) electrons. The van der Waals surface area contributed by atoms with Crippen LogP contribution in [-0.4, -0.2) is 62.5 Å². The summed E-state index contributed by atoms with van der Waals surface area (Å²) in [5, 5.41) is 13.9. The Kier molecular flexibility index (Phi) is 5.17. The molecule has 0 spiro atoms. The first-order valence-electron chi connectivity index (χ1n) is 8.53. The van der Waals surface area contributed by atoms with Gasteiger partial charge in [-0.05, 0) is 38.1 Å². The van der Waals surface area contributed by atoms with Gasteiger partial charge in [0, 0.05) is 18.2 Å². The fourth-order valence-electron chi connectivity index (χ4n) is 3.86. The lowest BCUT2D eigenvalue weighted by Gasteiger charge is -2.41. The number of rotatable bonds is 4. The van der Waals surface area contributed by atoms with Gasteiger partial charge >= 0.3 is 0 Å².